The highest BCUT2D eigenvalue weighted by molar-refractivity contribution is 14.1. The minimum Gasteiger partial charge on any atom is -0.321 e. The molecule has 0 saturated carbocycles. The molecule has 2 amide bonds. The zero-order valence-electron chi connectivity index (χ0n) is 8.79. The lowest BCUT2D eigenvalue weighted by atomic mass is 10.2. The van der Waals surface area contributed by atoms with Crippen molar-refractivity contribution in [3.05, 3.63) is 39.6 Å². The smallest absolute Gasteiger partial charge is 0.273 e. The SMILES string of the molecule is O=C1CC=C(C(=O)Nc2ccc(I)cc2)NN1. The molecule has 6 heteroatoms. The van der Waals surface area contributed by atoms with Crippen LogP contribution in [-0.2, 0) is 9.59 Å². The standard InChI is InChI=1S/C11H10IN3O2/c12-7-1-3-8(4-2-7)13-11(17)9-5-6-10(16)15-14-9/h1-5,14H,6H2,(H,13,17)(H,15,16). The number of hydrazine groups is 1. The van der Waals surface area contributed by atoms with Gasteiger partial charge < -0.3 is 5.32 Å². The van der Waals surface area contributed by atoms with Crippen molar-refractivity contribution in [2.24, 2.45) is 0 Å². The molecule has 1 aliphatic rings. The molecule has 1 heterocycles. The largest absolute Gasteiger partial charge is 0.321 e. The predicted octanol–water partition coefficient (Wildman–Crippen LogP) is 1.14. The highest BCUT2D eigenvalue weighted by Gasteiger charge is 2.14. The molecule has 0 unspecified atom stereocenters. The van der Waals surface area contributed by atoms with Crippen LogP contribution < -0.4 is 16.2 Å². The summed E-state index contributed by atoms with van der Waals surface area (Å²) in [7, 11) is 0. The number of anilines is 1. The number of rotatable bonds is 2. The van der Waals surface area contributed by atoms with E-state index in [0.717, 1.165) is 9.26 Å². The molecule has 0 bridgehead atoms. The monoisotopic (exact) mass is 343 g/mol. The van der Waals surface area contributed by atoms with Crippen molar-refractivity contribution in [1.29, 1.82) is 0 Å². The number of hydrogen-bond acceptors (Lipinski definition) is 3. The van der Waals surface area contributed by atoms with Gasteiger partial charge in [0.2, 0.25) is 5.91 Å². The van der Waals surface area contributed by atoms with E-state index in [4.69, 9.17) is 0 Å². The van der Waals surface area contributed by atoms with E-state index in [0.29, 0.717) is 5.70 Å². The number of nitrogens with one attached hydrogen (secondary N) is 3. The molecule has 0 saturated heterocycles. The summed E-state index contributed by atoms with van der Waals surface area (Å²) in [6.45, 7) is 0. The topological polar surface area (TPSA) is 70.2 Å². The second kappa shape index (κ2) is 5.17. The first-order chi connectivity index (χ1) is 8.15. The second-order valence-corrected chi connectivity index (χ2v) is 4.70. The van der Waals surface area contributed by atoms with Crippen LogP contribution in [0.2, 0.25) is 0 Å². The predicted molar refractivity (Wildman–Crippen MR) is 71.8 cm³/mol. The Balaban J connectivity index is 2.02. The lowest BCUT2D eigenvalue weighted by Gasteiger charge is -2.16. The molecule has 88 valence electrons. The van der Waals surface area contributed by atoms with E-state index in [1.54, 1.807) is 6.08 Å². The second-order valence-electron chi connectivity index (χ2n) is 3.46. The van der Waals surface area contributed by atoms with Gasteiger partial charge in [0.1, 0.15) is 5.70 Å². The van der Waals surface area contributed by atoms with Crippen LogP contribution in [0.3, 0.4) is 0 Å². The molecule has 1 aliphatic heterocycles. The third-order valence-electron chi connectivity index (χ3n) is 2.17. The van der Waals surface area contributed by atoms with Gasteiger partial charge in [-0.2, -0.15) is 0 Å². The van der Waals surface area contributed by atoms with Crippen molar-refractivity contribution in [3.63, 3.8) is 0 Å². The summed E-state index contributed by atoms with van der Waals surface area (Å²) in [5.41, 5.74) is 6.00. The molecule has 5 nitrogen and oxygen atoms in total. The minimum absolute atomic E-state index is 0.157. The number of hydrogen-bond donors (Lipinski definition) is 3. The molecule has 0 atom stereocenters. The molecule has 0 fully saturated rings. The van der Waals surface area contributed by atoms with Crippen LogP contribution in [0.5, 0.6) is 0 Å². The first-order valence-electron chi connectivity index (χ1n) is 4.97. The molecule has 0 radical (unpaired) electrons. The highest BCUT2D eigenvalue weighted by atomic mass is 127. The van der Waals surface area contributed by atoms with Crippen molar-refractivity contribution < 1.29 is 9.59 Å². The van der Waals surface area contributed by atoms with E-state index in [-0.39, 0.29) is 18.2 Å². The average molecular weight is 343 g/mol. The van der Waals surface area contributed by atoms with Gasteiger partial charge in [0, 0.05) is 15.7 Å². The van der Waals surface area contributed by atoms with E-state index in [2.05, 4.69) is 38.8 Å². The number of benzene rings is 1. The minimum atomic E-state index is -0.272. The van der Waals surface area contributed by atoms with Crippen LogP contribution in [-0.4, -0.2) is 11.8 Å². The molecule has 3 N–H and O–H groups in total. The van der Waals surface area contributed by atoms with E-state index < -0.39 is 0 Å². The summed E-state index contributed by atoms with van der Waals surface area (Å²) in [5.74, 6) is -0.429. The van der Waals surface area contributed by atoms with Crippen LogP contribution in [0.25, 0.3) is 0 Å². The Morgan fingerprint density at radius 2 is 1.94 bits per heavy atom. The zero-order chi connectivity index (χ0) is 12.3. The first-order valence-corrected chi connectivity index (χ1v) is 6.05. The van der Waals surface area contributed by atoms with Crippen molar-refractivity contribution in [2.45, 2.75) is 6.42 Å². The Hall–Kier alpha value is -1.57. The molecule has 2 rings (SSSR count). The fourth-order valence-corrected chi connectivity index (χ4v) is 1.67. The quantitative estimate of drug-likeness (QED) is 0.706. The number of carbonyl (C=O) groups excluding carboxylic acids is 2. The van der Waals surface area contributed by atoms with Crippen LogP contribution in [0, 0.1) is 3.57 Å². The van der Waals surface area contributed by atoms with Crippen LogP contribution in [0.15, 0.2) is 36.0 Å². The van der Waals surface area contributed by atoms with Gasteiger partial charge >= 0.3 is 0 Å². The van der Waals surface area contributed by atoms with Gasteiger partial charge in [-0.25, -0.2) is 0 Å². The van der Waals surface area contributed by atoms with Gasteiger partial charge in [-0.05, 0) is 52.9 Å². The molecular weight excluding hydrogens is 333 g/mol. The summed E-state index contributed by atoms with van der Waals surface area (Å²) < 4.78 is 1.10. The van der Waals surface area contributed by atoms with Gasteiger partial charge in [0.15, 0.2) is 0 Å². The molecule has 1 aromatic carbocycles. The lowest BCUT2D eigenvalue weighted by molar-refractivity contribution is -0.121. The summed E-state index contributed by atoms with van der Waals surface area (Å²) >= 11 is 2.19. The maximum absolute atomic E-state index is 11.8. The van der Waals surface area contributed by atoms with E-state index in [1.807, 2.05) is 24.3 Å². The molecule has 0 aromatic heterocycles. The number of halogens is 1. The molecular formula is C11H10IN3O2. The fraction of sp³-hybridized carbons (Fsp3) is 0.0909. The fourth-order valence-electron chi connectivity index (χ4n) is 1.31. The third kappa shape index (κ3) is 3.19. The van der Waals surface area contributed by atoms with Crippen molar-refractivity contribution in [3.8, 4) is 0 Å². The Morgan fingerprint density at radius 1 is 1.24 bits per heavy atom. The van der Waals surface area contributed by atoms with Gasteiger partial charge in [-0.3, -0.25) is 20.4 Å². The Bertz CT molecular complexity index is 482. The summed E-state index contributed by atoms with van der Waals surface area (Å²) in [5, 5.41) is 2.73. The highest BCUT2D eigenvalue weighted by Crippen LogP contribution is 2.12. The summed E-state index contributed by atoms with van der Waals surface area (Å²) in [6.07, 6.45) is 1.77. The maximum atomic E-state index is 11.8. The van der Waals surface area contributed by atoms with Gasteiger partial charge in [0.25, 0.3) is 5.91 Å². The maximum Gasteiger partial charge on any atom is 0.273 e. The van der Waals surface area contributed by atoms with Gasteiger partial charge in [-0.15, -0.1) is 0 Å². The van der Waals surface area contributed by atoms with Crippen molar-refractivity contribution in [2.75, 3.05) is 5.32 Å². The first kappa shape index (κ1) is 11.9. The molecule has 1 aromatic rings. The molecule has 0 spiro atoms. The summed E-state index contributed by atoms with van der Waals surface area (Å²) in [6, 6.07) is 7.45. The average Bonchev–Trinajstić information content (AvgIpc) is 2.33. The normalized spacial score (nSPS) is 14.4. The van der Waals surface area contributed by atoms with Crippen LogP contribution in [0.1, 0.15) is 6.42 Å². The Kier molecular flexibility index (Phi) is 3.62. The van der Waals surface area contributed by atoms with E-state index in [1.165, 1.54) is 0 Å². The summed E-state index contributed by atoms with van der Waals surface area (Å²) in [4.78, 5) is 22.6. The Morgan fingerprint density at radius 3 is 2.53 bits per heavy atom. The van der Waals surface area contributed by atoms with Crippen LogP contribution in [0.4, 0.5) is 5.69 Å². The molecule has 17 heavy (non-hydrogen) atoms. The van der Waals surface area contributed by atoms with E-state index in [9.17, 15) is 9.59 Å². The molecule has 0 aliphatic carbocycles. The van der Waals surface area contributed by atoms with Crippen molar-refractivity contribution >= 4 is 40.1 Å². The van der Waals surface area contributed by atoms with Gasteiger partial charge in [0.05, 0.1) is 0 Å². The van der Waals surface area contributed by atoms with Crippen molar-refractivity contribution in [1.82, 2.24) is 10.9 Å². The van der Waals surface area contributed by atoms with Gasteiger partial charge in [-0.1, -0.05) is 0 Å². The number of amides is 2. The lowest BCUT2D eigenvalue weighted by Crippen LogP contribution is -2.43. The number of carbonyl (C=O) groups is 2. The van der Waals surface area contributed by atoms with Crippen LogP contribution >= 0.6 is 22.6 Å². The third-order valence-corrected chi connectivity index (χ3v) is 2.89. The Labute approximate surface area is 112 Å². The zero-order valence-corrected chi connectivity index (χ0v) is 10.9. The van der Waals surface area contributed by atoms with E-state index >= 15 is 0 Å².